The predicted molar refractivity (Wildman–Crippen MR) is 93.2 cm³/mol. The van der Waals surface area contributed by atoms with E-state index in [-0.39, 0.29) is 11.8 Å². The molecular formula is C20H24N2O2. The maximum atomic E-state index is 13.0. The van der Waals surface area contributed by atoms with E-state index in [0.717, 1.165) is 30.7 Å². The number of pyridine rings is 1. The lowest BCUT2D eigenvalue weighted by atomic mass is 10.00. The number of aryl methyl sites for hydroxylation is 1. The molecular weight excluding hydrogens is 300 g/mol. The van der Waals surface area contributed by atoms with E-state index in [4.69, 9.17) is 4.74 Å². The van der Waals surface area contributed by atoms with Gasteiger partial charge in [0.15, 0.2) is 0 Å². The van der Waals surface area contributed by atoms with Crippen LogP contribution in [-0.2, 0) is 22.6 Å². The number of carbonyl (C=O) groups excluding carboxylic acids is 1. The van der Waals surface area contributed by atoms with Gasteiger partial charge in [-0.2, -0.15) is 0 Å². The third-order valence-corrected chi connectivity index (χ3v) is 4.36. The molecule has 2 aromatic rings. The molecule has 1 saturated heterocycles. The van der Waals surface area contributed by atoms with Gasteiger partial charge in [0.1, 0.15) is 0 Å². The van der Waals surface area contributed by atoms with Crippen LogP contribution >= 0.6 is 0 Å². The summed E-state index contributed by atoms with van der Waals surface area (Å²) in [6.45, 7) is 4.51. The highest BCUT2D eigenvalue weighted by atomic mass is 16.5. The van der Waals surface area contributed by atoms with Gasteiger partial charge in [0.25, 0.3) is 0 Å². The molecule has 4 heteroatoms. The Hall–Kier alpha value is -2.20. The first-order chi connectivity index (χ1) is 11.7. The molecule has 1 aromatic carbocycles. The summed E-state index contributed by atoms with van der Waals surface area (Å²) < 4.78 is 5.51. The molecule has 2 heterocycles. The Kier molecular flexibility index (Phi) is 5.59. The van der Waals surface area contributed by atoms with Crippen molar-refractivity contribution >= 4 is 5.91 Å². The summed E-state index contributed by atoms with van der Waals surface area (Å²) in [4.78, 5) is 19.3. The normalized spacial score (nSPS) is 17.5. The van der Waals surface area contributed by atoms with Crippen molar-refractivity contribution in [2.45, 2.75) is 32.9 Å². The van der Waals surface area contributed by atoms with Gasteiger partial charge in [-0.05, 0) is 37.5 Å². The summed E-state index contributed by atoms with van der Waals surface area (Å²) in [7, 11) is 0. The number of hydrogen-bond acceptors (Lipinski definition) is 3. The van der Waals surface area contributed by atoms with Gasteiger partial charge in [-0.25, -0.2) is 0 Å². The number of ether oxygens (including phenoxy) is 1. The number of amides is 1. The minimum absolute atomic E-state index is 0.0349. The van der Waals surface area contributed by atoms with E-state index in [9.17, 15) is 4.79 Å². The van der Waals surface area contributed by atoms with E-state index in [2.05, 4.69) is 30.1 Å². The van der Waals surface area contributed by atoms with E-state index in [1.807, 2.05) is 29.2 Å². The Bertz CT molecular complexity index is 666. The average molecular weight is 324 g/mol. The van der Waals surface area contributed by atoms with Crippen LogP contribution in [0.4, 0.5) is 0 Å². The fourth-order valence-corrected chi connectivity index (χ4v) is 3.12. The summed E-state index contributed by atoms with van der Waals surface area (Å²) >= 11 is 0. The molecule has 126 valence electrons. The van der Waals surface area contributed by atoms with Crippen molar-refractivity contribution in [3.63, 3.8) is 0 Å². The van der Waals surface area contributed by atoms with Crippen LogP contribution in [-0.4, -0.2) is 29.0 Å². The average Bonchev–Trinajstić information content (AvgIpc) is 2.62. The molecule has 0 aliphatic carbocycles. The van der Waals surface area contributed by atoms with Gasteiger partial charge in [0.2, 0.25) is 5.91 Å². The molecule has 3 rings (SSSR count). The van der Waals surface area contributed by atoms with Gasteiger partial charge in [-0.3, -0.25) is 9.78 Å². The van der Waals surface area contributed by atoms with Crippen molar-refractivity contribution in [3.8, 4) is 0 Å². The second kappa shape index (κ2) is 8.06. The van der Waals surface area contributed by atoms with Gasteiger partial charge < -0.3 is 9.64 Å². The Labute approximate surface area is 143 Å². The first-order valence-electron chi connectivity index (χ1n) is 8.54. The first-order valence-corrected chi connectivity index (χ1v) is 8.54. The number of hydrogen-bond donors (Lipinski definition) is 0. The number of rotatable bonds is 5. The number of carbonyl (C=O) groups is 1. The Balaban J connectivity index is 1.78. The predicted octanol–water partition coefficient (Wildman–Crippen LogP) is 3.35. The molecule has 4 nitrogen and oxygen atoms in total. The van der Waals surface area contributed by atoms with Gasteiger partial charge in [0, 0.05) is 19.3 Å². The van der Waals surface area contributed by atoms with Crippen LogP contribution in [0.15, 0.2) is 48.7 Å². The maximum absolute atomic E-state index is 13.0. The molecule has 0 unspecified atom stereocenters. The molecule has 1 aromatic heterocycles. The van der Waals surface area contributed by atoms with Gasteiger partial charge >= 0.3 is 0 Å². The zero-order chi connectivity index (χ0) is 16.8. The lowest BCUT2D eigenvalue weighted by Crippen LogP contribution is -2.39. The summed E-state index contributed by atoms with van der Waals surface area (Å²) in [6, 6.07) is 14.1. The number of aromatic nitrogens is 1. The molecule has 1 amide bonds. The minimum Gasteiger partial charge on any atom is -0.381 e. The largest absolute Gasteiger partial charge is 0.381 e. The molecule has 0 N–H and O–H groups in total. The molecule has 0 bridgehead atoms. The molecule has 0 saturated carbocycles. The fourth-order valence-electron chi connectivity index (χ4n) is 3.12. The standard InChI is InChI=1S/C20H24N2O2/c1-16-6-4-7-17(12-16)13-22(14-19-9-2-3-10-21-19)20(23)18-8-5-11-24-15-18/h2-4,6-7,9-10,12,18H,5,8,11,13-15H2,1H3/t18-/m0/s1. The van der Waals surface area contributed by atoms with Gasteiger partial charge in [0.05, 0.1) is 24.8 Å². The second-order valence-electron chi connectivity index (χ2n) is 6.42. The summed E-state index contributed by atoms with van der Waals surface area (Å²) in [5, 5.41) is 0. The van der Waals surface area contributed by atoms with Crippen LogP contribution < -0.4 is 0 Å². The van der Waals surface area contributed by atoms with Crippen LogP contribution in [0.1, 0.15) is 29.7 Å². The van der Waals surface area contributed by atoms with Gasteiger partial charge in [-0.15, -0.1) is 0 Å². The van der Waals surface area contributed by atoms with Crippen molar-refractivity contribution in [1.29, 1.82) is 0 Å². The van der Waals surface area contributed by atoms with E-state index >= 15 is 0 Å². The molecule has 1 atom stereocenters. The minimum atomic E-state index is -0.0349. The highest BCUT2D eigenvalue weighted by Crippen LogP contribution is 2.20. The number of benzene rings is 1. The van der Waals surface area contributed by atoms with Crippen LogP contribution in [0.3, 0.4) is 0 Å². The Morgan fingerprint density at radius 3 is 2.88 bits per heavy atom. The van der Waals surface area contributed by atoms with Crippen molar-refractivity contribution in [1.82, 2.24) is 9.88 Å². The molecule has 1 aliphatic heterocycles. The van der Waals surface area contributed by atoms with Crippen molar-refractivity contribution in [2.75, 3.05) is 13.2 Å². The lowest BCUT2D eigenvalue weighted by molar-refractivity contribution is -0.141. The van der Waals surface area contributed by atoms with E-state index in [1.165, 1.54) is 5.56 Å². The van der Waals surface area contributed by atoms with Crippen LogP contribution in [0, 0.1) is 12.8 Å². The van der Waals surface area contributed by atoms with E-state index < -0.39 is 0 Å². The van der Waals surface area contributed by atoms with E-state index in [1.54, 1.807) is 6.20 Å². The SMILES string of the molecule is Cc1cccc(CN(Cc2ccccn2)C(=O)[C@H]2CCCOC2)c1. The van der Waals surface area contributed by atoms with E-state index in [0.29, 0.717) is 19.7 Å². The van der Waals surface area contributed by atoms with Crippen molar-refractivity contribution in [3.05, 3.63) is 65.5 Å². The smallest absolute Gasteiger partial charge is 0.228 e. The Morgan fingerprint density at radius 1 is 1.25 bits per heavy atom. The highest BCUT2D eigenvalue weighted by Gasteiger charge is 2.27. The van der Waals surface area contributed by atoms with Crippen LogP contribution in [0.5, 0.6) is 0 Å². The third-order valence-electron chi connectivity index (χ3n) is 4.36. The number of nitrogens with zero attached hydrogens (tertiary/aromatic N) is 2. The summed E-state index contributed by atoms with van der Waals surface area (Å²) in [5.41, 5.74) is 3.27. The van der Waals surface area contributed by atoms with Crippen molar-refractivity contribution in [2.24, 2.45) is 5.92 Å². The van der Waals surface area contributed by atoms with Gasteiger partial charge in [-0.1, -0.05) is 35.9 Å². The topological polar surface area (TPSA) is 42.4 Å². The molecule has 1 aliphatic rings. The van der Waals surface area contributed by atoms with Crippen LogP contribution in [0.25, 0.3) is 0 Å². The third kappa shape index (κ3) is 4.42. The molecule has 1 fully saturated rings. The molecule has 24 heavy (non-hydrogen) atoms. The molecule has 0 radical (unpaired) electrons. The summed E-state index contributed by atoms with van der Waals surface area (Å²) in [5.74, 6) is 0.133. The highest BCUT2D eigenvalue weighted by molar-refractivity contribution is 5.79. The first kappa shape index (κ1) is 16.7. The maximum Gasteiger partial charge on any atom is 0.228 e. The fraction of sp³-hybridized carbons (Fsp3) is 0.400. The quantitative estimate of drug-likeness (QED) is 0.847. The monoisotopic (exact) mass is 324 g/mol. The van der Waals surface area contributed by atoms with Crippen LogP contribution in [0.2, 0.25) is 0 Å². The Morgan fingerprint density at radius 2 is 2.17 bits per heavy atom. The molecule has 0 spiro atoms. The lowest BCUT2D eigenvalue weighted by Gasteiger charge is -2.29. The second-order valence-corrected chi connectivity index (χ2v) is 6.42. The zero-order valence-electron chi connectivity index (χ0n) is 14.1. The summed E-state index contributed by atoms with van der Waals surface area (Å²) in [6.07, 6.45) is 3.64. The zero-order valence-corrected chi connectivity index (χ0v) is 14.1. The van der Waals surface area contributed by atoms with Crippen molar-refractivity contribution < 1.29 is 9.53 Å².